The molecule has 31 heavy (non-hydrogen) atoms. The van der Waals surface area contributed by atoms with E-state index < -0.39 is 29.4 Å². The molecular weight excluding hydrogens is 408 g/mol. The molecule has 0 spiro atoms. The van der Waals surface area contributed by atoms with Gasteiger partial charge in [-0.15, -0.1) is 0 Å². The molecule has 0 bridgehead atoms. The molecule has 3 N–H and O–H groups in total. The number of benzene rings is 2. The summed E-state index contributed by atoms with van der Waals surface area (Å²) in [6, 6.07) is 12.0. The van der Waals surface area contributed by atoms with E-state index in [1.807, 2.05) is 0 Å². The molecule has 4 aromatic rings. The molecule has 0 fully saturated rings. The monoisotopic (exact) mass is 423 g/mol. The smallest absolute Gasteiger partial charge is 0.247 e. The Labute approximate surface area is 174 Å². The zero-order valence-electron chi connectivity index (χ0n) is 15.8. The summed E-state index contributed by atoms with van der Waals surface area (Å²) >= 11 is 0. The van der Waals surface area contributed by atoms with Crippen LogP contribution in [0.2, 0.25) is 0 Å². The van der Waals surface area contributed by atoms with Gasteiger partial charge in [0, 0.05) is 11.9 Å². The van der Waals surface area contributed by atoms with Gasteiger partial charge in [-0.3, -0.25) is 9.59 Å². The minimum absolute atomic E-state index is 0.0347. The molecule has 1 unspecified atom stereocenters. The summed E-state index contributed by atoms with van der Waals surface area (Å²) in [6.45, 7) is 0. The molecule has 1 atom stereocenters. The third-order valence-corrected chi connectivity index (χ3v) is 4.45. The fraction of sp³-hybridized carbons (Fsp3) is 0.0476. The maximum absolute atomic E-state index is 14.7. The van der Waals surface area contributed by atoms with E-state index in [-0.39, 0.29) is 22.9 Å². The third kappa shape index (κ3) is 4.17. The maximum Gasteiger partial charge on any atom is 0.247 e. The SMILES string of the molecule is NC(=O)C(C(=O)Nc1ccc(F)cc1)c1ccc(Oc2ncnn3cccc23)c(F)c1. The third-order valence-electron chi connectivity index (χ3n) is 4.45. The first kappa shape index (κ1) is 20.0. The highest BCUT2D eigenvalue weighted by molar-refractivity contribution is 6.10. The fourth-order valence-electron chi connectivity index (χ4n) is 3.00. The number of ether oxygens (including phenoxy) is 1. The van der Waals surface area contributed by atoms with E-state index in [2.05, 4.69) is 15.4 Å². The van der Waals surface area contributed by atoms with Crippen molar-refractivity contribution >= 4 is 23.0 Å². The van der Waals surface area contributed by atoms with Crippen LogP contribution in [0, 0.1) is 11.6 Å². The summed E-state index contributed by atoms with van der Waals surface area (Å²) in [5.74, 6) is -4.55. The first-order chi connectivity index (χ1) is 14.9. The molecule has 0 aliphatic rings. The van der Waals surface area contributed by atoms with E-state index >= 15 is 0 Å². The van der Waals surface area contributed by atoms with E-state index in [1.54, 1.807) is 18.3 Å². The Bertz CT molecular complexity index is 1270. The van der Waals surface area contributed by atoms with Crippen molar-refractivity contribution in [3.63, 3.8) is 0 Å². The van der Waals surface area contributed by atoms with Crippen molar-refractivity contribution in [2.24, 2.45) is 5.73 Å². The van der Waals surface area contributed by atoms with E-state index in [4.69, 9.17) is 10.5 Å². The highest BCUT2D eigenvalue weighted by Crippen LogP contribution is 2.29. The lowest BCUT2D eigenvalue weighted by Gasteiger charge is -2.15. The van der Waals surface area contributed by atoms with Crippen molar-refractivity contribution in [3.05, 3.63) is 84.3 Å². The normalized spacial score (nSPS) is 11.8. The molecule has 2 heterocycles. The van der Waals surface area contributed by atoms with E-state index in [9.17, 15) is 18.4 Å². The van der Waals surface area contributed by atoms with Crippen molar-refractivity contribution < 1.29 is 23.1 Å². The Hall–Kier alpha value is -4.34. The predicted molar refractivity (Wildman–Crippen MR) is 106 cm³/mol. The number of carbonyl (C=O) groups excluding carboxylic acids is 2. The average Bonchev–Trinajstić information content (AvgIpc) is 3.21. The quantitative estimate of drug-likeness (QED) is 0.463. The summed E-state index contributed by atoms with van der Waals surface area (Å²) in [4.78, 5) is 28.5. The number of anilines is 1. The number of aromatic nitrogens is 3. The number of halogens is 2. The number of hydrogen-bond donors (Lipinski definition) is 2. The Morgan fingerprint density at radius 3 is 2.58 bits per heavy atom. The number of nitrogens with two attached hydrogens (primary N) is 1. The van der Waals surface area contributed by atoms with Crippen molar-refractivity contribution in [3.8, 4) is 11.6 Å². The number of primary amides is 1. The van der Waals surface area contributed by atoms with Gasteiger partial charge < -0.3 is 15.8 Å². The molecule has 8 nitrogen and oxygen atoms in total. The summed E-state index contributed by atoms with van der Waals surface area (Å²) in [5, 5.41) is 6.46. The largest absolute Gasteiger partial charge is 0.434 e. The van der Waals surface area contributed by atoms with Gasteiger partial charge in [-0.25, -0.2) is 13.3 Å². The van der Waals surface area contributed by atoms with Gasteiger partial charge in [-0.1, -0.05) is 6.07 Å². The zero-order chi connectivity index (χ0) is 22.0. The van der Waals surface area contributed by atoms with E-state index in [1.165, 1.54) is 35.1 Å². The maximum atomic E-state index is 14.7. The molecule has 2 aromatic heterocycles. The number of fused-ring (bicyclic) bond motifs is 1. The fourth-order valence-corrected chi connectivity index (χ4v) is 3.00. The molecule has 0 saturated carbocycles. The van der Waals surface area contributed by atoms with Crippen molar-refractivity contribution in [2.75, 3.05) is 5.32 Å². The molecule has 0 aliphatic heterocycles. The standard InChI is InChI=1S/C21H15F2N5O3/c22-13-4-6-14(7-5-13)27-20(30)18(19(24)29)12-3-8-17(15(23)10-12)31-21-16-2-1-9-28(16)26-11-25-21/h1-11,18H,(H2,24,29)(H,27,30). The van der Waals surface area contributed by atoms with E-state index in [0.29, 0.717) is 5.52 Å². The molecule has 10 heteroatoms. The number of rotatable bonds is 6. The van der Waals surface area contributed by atoms with Gasteiger partial charge in [0.05, 0.1) is 0 Å². The van der Waals surface area contributed by atoms with Crippen LogP contribution in [0.3, 0.4) is 0 Å². The van der Waals surface area contributed by atoms with Crippen molar-refractivity contribution in [1.82, 2.24) is 14.6 Å². The van der Waals surface area contributed by atoms with Gasteiger partial charge in [0.15, 0.2) is 11.6 Å². The van der Waals surface area contributed by atoms with Crippen LogP contribution >= 0.6 is 0 Å². The second-order valence-corrected chi connectivity index (χ2v) is 6.53. The molecule has 0 saturated heterocycles. The Morgan fingerprint density at radius 1 is 1.10 bits per heavy atom. The summed E-state index contributed by atoms with van der Waals surface area (Å²) in [7, 11) is 0. The van der Waals surface area contributed by atoms with Crippen LogP contribution in [0.25, 0.3) is 5.52 Å². The second kappa shape index (κ2) is 8.19. The van der Waals surface area contributed by atoms with Gasteiger partial charge in [-0.2, -0.15) is 10.1 Å². The first-order valence-corrected chi connectivity index (χ1v) is 9.04. The topological polar surface area (TPSA) is 112 Å². The number of hydrogen-bond acceptors (Lipinski definition) is 5. The lowest BCUT2D eigenvalue weighted by Crippen LogP contribution is -2.32. The van der Waals surface area contributed by atoms with Crippen LogP contribution in [-0.2, 0) is 9.59 Å². The number of nitrogens with one attached hydrogen (secondary N) is 1. The molecule has 2 aromatic carbocycles. The Balaban J connectivity index is 1.58. The summed E-state index contributed by atoms with van der Waals surface area (Å²) in [5.41, 5.74) is 6.20. The molecule has 156 valence electrons. The van der Waals surface area contributed by atoms with Crippen LogP contribution in [0.15, 0.2) is 67.1 Å². The van der Waals surface area contributed by atoms with Crippen LogP contribution in [0.4, 0.5) is 14.5 Å². The van der Waals surface area contributed by atoms with Crippen LogP contribution in [0.1, 0.15) is 11.5 Å². The molecule has 0 aliphatic carbocycles. The van der Waals surface area contributed by atoms with Gasteiger partial charge in [0.2, 0.25) is 17.7 Å². The lowest BCUT2D eigenvalue weighted by molar-refractivity contribution is -0.127. The van der Waals surface area contributed by atoms with Crippen molar-refractivity contribution in [1.29, 1.82) is 0 Å². The minimum atomic E-state index is -1.47. The summed E-state index contributed by atoms with van der Waals surface area (Å²) in [6.07, 6.45) is 2.94. The second-order valence-electron chi connectivity index (χ2n) is 6.53. The molecule has 4 rings (SSSR count). The predicted octanol–water partition coefficient (Wildman–Crippen LogP) is 3.01. The van der Waals surface area contributed by atoms with Gasteiger partial charge >= 0.3 is 0 Å². The summed E-state index contributed by atoms with van der Waals surface area (Å²) < 4.78 is 34.8. The van der Waals surface area contributed by atoms with E-state index in [0.717, 1.165) is 18.2 Å². The van der Waals surface area contributed by atoms with Crippen LogP contribution in [-0.4, -0.2) is 26.4 Å². The average molecular weight is 423 g/mol. The Kier molecular flexibility index (Phi) is 5.27. The minimum Gasteiger partial charge on any atom is -0.434 e. The lowest BCUT2D eigenvalue weighted by atomic mass is 9.97. The highest BCUT2D eigenvalue weighted by atomic mass is 19.1. The molecule has 2 amide bonds. The number of amides is 2. The zero-order valence-corrected chi connectivity index (χ0v) is 15.8. The van der Waals surface area contributed by atoms with Crippen LogP contribution in [0.5, 0.6) is 11.6 Å². The molecular formula is C21H15F2N5O3. The number of carbonyl (C=O) groups is 2. The Morgan fingerprint density at radius 2 is 1.87 bits per heavy atom. The van der Waals surface area contributed by atoms with Gasteiger partial charge in [0.25, 0.3) is 0 Å². The highest BCUT2D eigenvalue weighted by Gasteiger charge is 2.28. The van der Waals surface area contributed by atoms with Gasteiger partial charge in [0.1, 0.15) is 23.6 Å². The molecule has 0 radical (unpaired) electrons. The first-order valence-electron chi connectivity index (χ1n) is 9.04. The van der Waals surface area contributed by atoms with Crippen LogP contribution < -0.4 is 15.8 Å². The number of nitrogens with zero attached hydrogens (tertiary/aromatic N) is 3. The van der Waals surface area contributed by atoms with Gasteiger partial charge in [-0.05, 0) is 54.1 Å². The van der Waals surface area contributed by atoms with Crippen molar-refractivity contribution in [2.45, 2.75) is 5.92 Å².